The maximum Gasteiger partial charge on any atom is 0.326 e. The number of allylic oxidation sites excluding steroid dienone is 1. The molecule has 1 unspecified atom stereocenters. The third-order valence-corrected chi connectivity index (χ3v) is 3.62. The molecular weight excluding hydrogens is 338 g/mol. The van der Waals surface area contributed by atoms with Crippen LogP contribution in [-0.2, 0) is 16.0 Å². The number of carboxylic acids is 1. The van der Waals surface area contributed by atoms with Crippen molar-refractivity contribution in [3.8, 4) is 17.1 Å². The number of methoxy groups -OCH3 is 1. The van der Waals surface area contributed by atoms with Crippen molar-refractivity contribution >= 4 is 11.9 Å². The summed E-state index contributed by atoms with van der Waals surface area (Å²) in [6, 6.07) is 6.24. The molecule has 1 heterocycles. The van der Waals surface area contributed by atoms with Gasteiger partial charge in [-0.25, -0.2) is 4.79 Å². The zero-order valence-corrected chi connectivity index (χ0v) is 14.6. The lowest BCUT2D eigenvalue weighted by atomic mass is 10.2. The standard InChI is InChI=1S/C18H21N3O5/c1-3-4-5-14(18(23)24)19-15(22)10-11-16-20-17(21-26-16)12-6-8-13(25-2)9-7-12/h3-4,6-9,14H,5,10-11H2,1-2H3,(H,19,22)(H,23,24)/b4-3+. The van der Waals surface area contributed by atoms with E-state index in [-0.39, 0.29) is 25.2 Å². The number of benzene rings is 1. The summed E-state index contributed by atoms with van der Waals surface area (Å²) in [7, 11) is 1.58. The Hall–Kier alpha value is -3.16. The minimum atomic E-state index is -1.07. The number of rotatable bonds is 9. The lowest BCUT2D eigenvalue weighted by Gasteiger charge is -2.11. The lowest BCUT2D eigenvalue weighted by molar-refractivity contribution is -0.141. The molecule has 26 heavy (non-hydrogen) atoms. The first kappa shape index (κ1) is 19.2. The predicted octanol–water partition coefficient (Wildman–Crippen LogP) is 2.21. The van der Waals surface area contributed by atoms with Crippen LogP contribution in [0.15, 0.2) is 40.9 Å². The van der Waals surface area contributed by atoms with Gasteiger partial charge in [-0.3, -0.25) is 4.79 Å². The van der Waals surface area contributed by atoms with E-state index in [1.165, 1.54) is 0 Å². The maximum absolute atomic E-state index is 11.9. The van der Waals surface area contributed by atoms with Crippen molar-refractivity contribution in [1.82, 2.24) is 15.5 Å². The number of carbonyl (C=O) groups is 2. The van der Waals surface area contributed by atoms with Crippen LogP contribution in [0.5, 0.6) is 5.75 Å². The van der Waals surface area contributed by atoms with Gasteiger partial charge in [0.2, 0.25) is 17.6 Å². The van der Waals surface area contributed by atoms with Gasteiger partial charge in [0.15, 0.2) is 0 Å². The van der Waals surface area contributed by atoms with Gasteiger partial charge in [0.05, 0.1) is 7.11 Å². The number of amides is 1. The van der Waals surface area contributed by atoms with Gasteiger partial charge in [-0.05, 0) is 37.6 Å². The number of aliphatic carboxylic acids is 1. The number of aryl methyl sites for hydroxylation is 1. The Labute approximate surface area is 150 Å². The molecule has 0 aliphatic rings. The molecule has 0 saturated heterocycles. The zero-order chi connectivity index (χ0) is 18.9. The van der Waals surface area contributed by atoms with Crippen LogP contribution in [0.3, 0.4) is 0 Å². The van der Waals surface area contributed by atoms with Crippen molar-refractivity contribution in [3.63, 3.8) is 0 Å². The van der Waals surface area contributed by atoms with Crippen LogP contribution in [0.4, 0.5) is 0 Å². The monoisotopic (exact) mass is 359 g/mol. The Morgan fingerprint density at radius 1 is 1.35 bits per heavy atom. The van der Waals surface area contributed by atoms with Crippen molar-refractivity contribution < 1.29 is 24.0 Å². The Morgan fingerprint density at radius 3 is 2.69 bits per heavy atom. The van der Waals surface area contributed by atoms with Gasteiger partial charge in [0.1, 0.15) is 11.8 Å². The second kappa shape index (κ2) is 9.36. The third-order valence-electron chi connectivity index (χ3n) is 3.62. The Morgan fingerprint density at radius 2 is 2.08 bits per heavy atom. The highest BCUT2D eigenvalue weighted by molar-refractivity contribution is 5.83. The Kier molecular flexibility index (Phi) is 6.90. The summed E-state index contributed by atoms with van der Waals surface area (Å²) in [6.45, 7) is 1.79. The van der Waals surface area contributed by atoms with Crippen LogP contribution in [0.25, 0.3) is 11.4 Å². The van der Waals surface area contributed by atoms with E-state index >= 15 is 0 Å². The van der Waals surface area contributed by atoms with Gasteiger partial charge in [-0.1, -0.05) is 17.3 Å². The van der Waals surface area contributed by atoms with E-state index in [9.17, 15) is 9.59 Å². The van der Waals surface area contributed by atoms with Crippen molar-refractivity contribution in [3.05, 3.63) is 42.3 Å². The molecule has 0 aliphatic heterocycles. The summed E-state index contributed by atoms with van der Waals surface area (Å²) < 4.78 is 10.2. The minimum Gasteiger partial charge on any atom is -0.497 e. The fraction of sp³-hybridized carbons (Fsp3) is 0.333. The van der Waals surface area contributed by atoms with Gasteiger partial charge < -0.3 is 19.7 Å². The largest absolute Gasteiger partial charge is 0.497 e. The first-order valence-corrected chi connectivity index (χ1v) is 8.13. The van der Waals surface area contributed by atoms with Crippen molar-refractivity contribution in [2.75, 3.05) is 7.11 Å². The summed E-state index contributed by atoms with van der Waals surface area (Å²) >= 11 is 0. The average Bonchev–Trinajstić information content (AvgIpc) is 3.12. The number of nitrogens with one attached hydrogen (secondary N) is 1. The maximum atomic E-state index is 11.9. The highest BCUT2D eigenvalue weighted by atomic mass is 16.5. The third kappa shape index (κ3) is 5.44. The molecule has 2 rings (SSSR count). The van der Waals surface area contributed by atoms with Gasteiger partial charge in [0, 0.05) is 18.4 Å². The van der Waals surface area contributed by atoms with Crippen LogP contribution in [0.2, 0.25) is 0 Å². The normalized spacial score (nSPS) is 12.1. The number of carbonyl (C=O) groups excluding carboxylic acids is 1. The van der Waals surface area contributed by atoms with Crippen molar-refractivity contribution in [2.24, 2.45) is 0 Å². The molecule has 138 valence electrons. The number of ether oxygens (including phenoxy) is 1. The SMILES string of the molecule is C/C=C/CC(NC(=O)CCc1nc(-c2ccc(OC)cc2)no1)C(=O)O. The topological polar surface area (TPSA) is 115 Å². The molecule has 2 aromatic rings. The lowest BCUT2D eigenvalue weighted by Crippen LogP contribution is -2.40. The first-order valence-electron chi connectivity index (χ1n) is 8.13. The second-order valence-corrected chi connectivity index (χ2v) is 5.50. The predicted molar refractivity (Wildman–Crippen MR) is 93.6 cm³/mol. The Bertz CT molecular complexity index is 767. The molecule has 0 bridgehead atoms. The quantitative estimate of drug-likeness (QED) is 0.660. The highest BCUT2D eigenvalue weighted by Crippen LogP contribution is 2.19. The summed E-state index contributed by atoms with van der Waals surface area (Å²) in [6.07, 6.45) is 3.95. The van der Waals surface area contributed by atoms with Gasteiger partial charge in [-0.2, -0.15) is 4.98 Å². The Balaban J connectivity index is 1.90. The number of carboxylic acid groups (broad SMARTS) is 1. The number of aromatic nitrogens is 2. The van der Waals surface area contributed by atoms with Crippen LogP contribution in [0.1, 0.15) is 25.7 Å². The van der Waals surface area contributed by atoms with Crippen LogP contribution < -0.4 is 10.1 Å². The van der Waals surface area contributed by atoms with E-state index in [1.807, 2.05) is 0 Å². The zero-order valence-electron chi connectivity index (χ0n) is 14.6. The van der Waals surface area contributed by atoms with E-state index in [1.54, 1.807) is 50.5 Å². The molecule has 1 amide bonds. The van der Waals surface area contributed by atoms with Gasteiger partial charge in [-0.15, -0.1) is 0 Å². The van der Waals surface area contributed by atoms with E-state index in [4.69, 9.17) is 14.4 Å². The molecule has 0 aliphatic carbocycles. The summed E-state index contributed by atoms with van der Waals surface area (Å²) in [5.74, 6) is -0.00645. The fourth-order valence-electron chi connectivity index (χ4n) is 2.19. The molecule has 2 N–H and O–H groups in total. The van der Waals surface area contributed by atoms with Gasteiger partial charge >= 0.3 is 5.97 Å². The van der Waals surface area contributed by atoms with E-state index < -0.39 is 12.0 Å². The molecule has 1 aromatic carbocycles. The highest BCUT2D eigenvalue weighted by Gasteiger charge is 2.19. The molecule has 1 aromatic heterocycles. The minimum absolute atomic E-state index is 0.0594. The molecule has 0 fully saturated rings. The fourth-order valence-corrected chi connectivity index (χ4v) is 2.19. The van der Waals surface area contributed by atoms with E-state index in [2.05, 4.69) is 15.5 Å². The summed E-state index contributed by atoms with van der Waals surface area (Å²) in [4.78, 5) is 27.3. The van der Waals surface area contributed by atoms with E-state index in [0.717, 1.165) is 11.3 Å². The number of nitrogens with zero attached hydrogens (tertiary/aromatic N) is 2. The van der Waals surface area contributed by atoms with Gasteiger partial charge in [0.25, 0.3) is 0 Å². The molecule has 0 radical (unpaired) electrons. The van der Waals surface area contributed by atoms with Crippen LogP contribution >= 0.6 is 0 Å². The first-order chi connectivity index (χ1) is 12.5. The molecule has 8 heteroatoms. The number of hydrogen-bond acceptors (Lipinski definition) is 6. The van der Waals surface area contributed by atoms with Crippen molar-refractivity contribution in [2.45, 2.75) is 32.2 Å². The summed E-state index contributed by atoms with van der Waals surface area (Å²) in [5, 5.41) is 15.5. The molecular formula is C18H21N3O5. The van der Waals surface area contributed by atoms with E-state index in [0.29, 0.717) is 11.7 Å². The van der Waals surface area contributed by atoms with Crippen LogP contribution in [0, 0.1) is 0 Å². The molecule has 8 nitrogen and oxygen atoms in total. The molecule has 0 spiro atoms. The molecule has 0 saturated carbocycles. The average molecular weight is 359 g/mol. The second-order valence-electron chi connectivity index (χ2n) is 5.50. The molecule has 1 atom stereocenters. The van der Waals surface area contributed by atoms with Crippen LogP contribution in [-0.4, -0.2) is 40.3 Å². The smallest absolute Gasteiger partial charge is 0.326 e. The number of hydrogen-bond donors (Lipinski definition) is 2. The van der Waals surface area contributed by atoms with Crippen molar-refractivity contribution in [1.29, 1.82) is 0 Å². The summed E-state index contributed by atoms with van der Waals surface area (Å²) in [5.41, 5.74) is 0.766.